The SMILES string of the molecule is [C-]#[N+]c1ccc(-c2cccc(-n3c4ccccc4c4ccc(-c5cccc(-n6c7ccccc7c7ccccc76)c5)cc43)c2)cc1. The number of hydrogen-bond acceptors (Lipinski definition) is 0. The third-order valence-electron chi connectivity index (χ3n) is 9.13. The molecule has 3 nitrogen and oxygen atoms in total. The predicted molar refractivity (Wildman–Crippen MR) is 192 cm³/mol. The van der Waals surface area contributed by atoms with Crippen LogP contribution in [-0.2, 0) is 0 Å². The summed E-state index contributed by atoms with van der Waals surface area (Å²) in [4.78, 5) is 3.56. The van der Waals surface area contributed by atoms with Gasteiger partial charge in [0.2, 0.25) is 0 Å². The maximum atomic E-state index is 7.31. The van der Waals surface area contributed by atoms with Gasteiger partial charge in [0.25, 0.3) is 0 Å². The highest BCUT2D eigenvalue weighted by Crippen LogP contribution is 2.37. The van der Waals surface area contributed by atoms with E-state index in [9.17, 15) is 0 Å². The highest BCUT2D eigenvalue weighted by Gasteiger charge is 2.15. The molecule has 0 saturated carbocycles. The monoisotopic (exact) mass is 585 g/mol. The summed E-state index contributed by atoms with van der Waals surface area (Å²) in [5, 5.41) is 4.98. The fourth-order valence-corrected chi connectivity index (χ4v) is 7.01. The number of fused-ring (bicyclic) bond motifs is 6. The minimum atomic E-state index is 0.650. The van der Waals surface area contributed by atoms with Crippen LogP contribution in [0.4, 0.5) is 5.69 Å². The first-order valence-corrected chi connectivity index (χ1v) is 15.5. The Hall–Kier alpha value is -6.37. The molecule has 0 saturated heterocycles. The summed E-state index contributed by atoms with van der Waals surface area (Å²) in [6.07, 6.45) is 0. The first-order chi connectivity index (χ1) is 22.8. The molecule has 0 unspecified atom stereocenters. The van der Waals surface area contributed by atoms with Crippen LogP contribution in [0.3, 0.4) is 0 Å². The normalized spacial score (nSPS) is 11.5. The average Bonchev–Trinajstić information content (AvgIpc) is 3.64. The van der Waals surface area contributed by atoms with Crippen LogP contribution in [-0.4, -0.2) is 9.13 Å². The van der Waals surface area contributed by atoms with Gasteiger partial charge in [0.15, 0.2) is 5.69 Å². The second kappa shape index (κ2) is 10.4. The van der Waals surface area contributed by atoms with E-state index < -0.39 is 0 Å². The van der Waals surface area contributed by atoms with Crippen molar-refractivity contribution in [1.29, 1.82) is 0 Å². The molecule has 0 aliphatic heterocycles. The van der Waals surface area contributed by atoms with Gasteiger partial charge in [-0.1, -0.05) is 115 Å². The predicted octanol–water partition coefficient (Wildman–Crippen LogP) is 11.8. The minimum Gasteiger partial charge on any atom is -0.309 e. The van der Waals surface area contributed by atoms with Crippen molar-refractivity contribution in [2.75, 3.05) is 0 Å². The van der Waals surface area contributed by atoms with Gasteiger partial charge in [-0.25, -0.2) is 4.85 Å². The molecule has 0 N–H and O–H groups in total. The number of hydrogen-bond donors (Lipinski definition) is 0. The van der Waals surface area contributed by atoms with Crippen molar-refractivity contribution in [2.45, 2.75) is 0 Å². The lowest BCUT2D eigenvalue weighted by atomic mass is 10.0. The summed E-state index contributed by atoms with van der Waals surface area (Å²) < 4.78 is 4.75. The van der Waals surface area contributed by atoms with Crippen molar-refractivity contribution in [2.24, 2.45) is 0 Å². The van der Waals surface area contributed by atoms with Crippen molar-refractivity contribution in [3.63, 3.8) is 0 Å². The Balaban J connectivity index is 1.22. The maximum Gasteiger partial charge on any atom is 0.187 e. The Labute approximate surface area is 266 Å². The van der Waals surface area contributed by atoms with E-state index in [1.165, 1.54) is 54.7 Å². The zero-order valence-electron chi connectivity index (χ0n) is 24.9. The Morgan fingerprint density at radius 3 is 1.33 bits per heavy atom. The van der Waals surface area contributed by atoms with E-state index in [2.05, 4.69) is 154 Å². The van der Waals surface area contributed by atoms with Gasteiger partial charge < -0.3 is 9.13 Å². The van der Waals surface area contributed by atoms with Crippen molar-refractivity contribution in [3.05, 3.63) is 175 Å². The van der Waals surface area contributed by atoms with Crippen LogP contribution in [0.2, 0.25) is 0 Å². The van der Waals surface area contributed by atoms with E-state index in [1.807, 2.05) is 24.3 Å². The summed E-state index contributed by atoms with van der Waals surface area (Å²) in [5.41, 5.74) is 12.2. The molecule has 214 valence electrons. The van der Waals surface area contributed by atoms with Crippen molar-refractivity contribution in [1.82, 2.24) is 9.13 Å². The molecule has 0 spiro atoms. The third-order valence-corrected chi connectivity index (χ3v) is 9.13. The number of para-hydroxylation sites is 3. The van der Waals surface area contributed by atoms with Gasteiger partial charge in [0.05, 0.1) is 28.6 Å². The molecule has 9 rings (SSSR count). The van der Waals surface area contributed by atoms with Crippen LogP contribution in [0.25, 0.3) is 82.1 Å². The van der Waals surface area contributed by atoms with Crippen LogP contribution >= 0.6 is 0 Å². The average molecular weight is 586 g/mol. The van der Waals surface area contributed by atoms with Crippen LogP contribution in [0.15, 0.2) is 164 Å². The first-order valence-electron chi connectivity index (χ1n) is 15.5. The van der Waals surface area contributed by atoms with Gasteiger partial charge in [0.1, 0.15) is 0 Å². The van der Waals surface area contributed by atoms with E-state index in [1.54, 1.807) is 0 Å². The molecule has 0 bridgehead atoms. The van der Waals surface area contributed by atoms with Crippen LogP contribution in [0.1, 0.15) is 0 Å². The van der Waals surface area contributed by atoms with Crippen LogP contribution in [0, 0.1) is 6.57 Å². The Morgan fingerprint density at radius 2 is 0.783 bits per heavy atom. The van der Waals surface area contributed by atoms with Gasteiger partial charge in [0, 0.05) is 32.9 Å². The van der Waals surface area contributed by atoms with Crippen LogP contribution in [0.5, 0.6) is 0 Å². The molecule has 46 heavy (non-hydrogen) atoms. The zero-order chi connectivity index (χ0) is 30.6. The zero-order valence-corrected chi connectivity index (χ0v) is 24.9. The Kier molecular flexibility index (Phi) is 5.88. The summed E-state index contributed by atoms with van der Waals surface area (Å²) in [5.74, 6) is 0. The molecule has 3 heteroatoms. The summed E-state index contributed by atoms with van der Waals surface area (Å²) in [7, 11) is 0. The highest BCUT2D eigenvalue weighted by atomic mass is 15.0. The minimum absolute atomic E-state index is 0.650. The molecule has 0 radical (unpaired) electrons. The van der Waals surface area contributed by atoms with Gasteiger partial charge in [-0.3, -0.25) is 0 Å². The molecule has 0 amide bonds. The molecule has 9 aromatic rings. The number of rotatable bonds is 4. The van der Waals surface area contributed by atoms with Crippen molar-refractivity contribution >= 4 is 49.3 Å². The summed E-state index contributed by atoms with van der Waals surface area (Å²) >= 11 is 0. The van der Waals surface area contributed by atoms with Gasteiger partial charge in [-0.15, -0.1) is 0 Å². The topological polar surface area (TPSA) is 14.2 Å². The van der Waals surface area contributed by atoms with Crippen molar-refractivity contribution in [3.8, 4) is 33.6 Å². The summed E-state index contributed by atoms with van der Waals surface area (Å²) in [6, 6.07) is 58.2. The molecule has 0 fully saturated rings. The Morgan fingerprint density at radius 1 is 0.348 bits per heavy atom. The molecular weight excluding hydrogens is 558 g/mol. The van der Waals surface area contributed by atoms with Crippen LogP contribution < -0.4 is 0 Å². The molecule has 2 heterocycles. The molecule has 0 aliphatic carbocycles. The molecule has 0 aliphatic rings. The number of nitrogens with zero attached hydrogens (tertiary/aromatic N) is 3. The highest BCUT2D eigenvalue weighted by molar-refractivity contribution is 6.11. The fraction of sp³-hybridized carbons (Fsp3) is 0. The van der Waals surface area contributed by atoms with E-state index in [-0.39, 0.29) is 0 Å². The lowest BCUT2D eigenvalue weighted by molar-refractivity contribution is 1.18. The quantitative estimate of drug-likeness (QED) is 0.182. The van der Waals surface area contributed by atoms with Gasteiger partial charge in [-0.05, 0) is 70.8 Å². The number of aromatic nitrogens is 2. The second-order valence-corrected chi connectivity index (χ2v) is 11.7. The molecule has 2 aromatic heterocycles. The molecular formula is C43H27N3. The summed E-state index contributed by atoms with van der Waals surface area (Å²) in [6.45, 7) is 7.31. The number of benzene rings is 7. The van der Waals surface area contributed by atoms with E-state index in [0.29, 0.717) is 5.69 Å². The maximum absolute atomic E-state index is 7.31. The smallest absolute Gasteiger partial charge is 0.187 e. The first kappa shape index (κ1) is 26.1. The molecule has 7 aromatic carbocycles. The van der Waals surface area contributed by atoms with E-state index in [4.69, 9.17) is 6.57 Å². The fourth-order valence-electron chi connectivity index (χ4n) is 7.01. The largest absolute Gasteiger partial charge is 0.309 e. The van der Waals surface area contributed by atoms with E-state index in [0.717, 1.165) is 22.5 Å². The van der Waals surface area contributed by atoms with Crippen molar-refractivity contribution < 1.29 is 0 Å². The lowest BCUT2D eigenvalue weighted by Gasteiger charge is -2.12. The van der Waals surface area contributed by atoms with E-state index >= 15 is 0 Å². The lowest BCUT2D eigenvalue weighted by Crippen LogP contribution is -1.95. The van der Waals surface area contributed by atoms with Gasteiger partial charge in [-0.2, -0.15) is 0 Å². The second-order valence-electron chi connectivity index (χ2n) is 11.7. The third kappa shape index (κ3) is 4.05. The molecule has 0 atom stereocenters. The standard InChI is InChI=1S/C43H27N3/c1-44-33-23-20-29(21-24-33)30-10-8-13-35(26-30)46-42-19-7-4-16-38(42)39-25-22-32(28-43(39)46)31-11-9-12-34(27-31)45-40-17-5-2-14-36(40)37-15-3-6-18-41(37)45/h2-28H. The van der Waals surface area contributed by atoms with Gasteiger partial charge >= 0.3 is 0 Å². The Bertz CT molecular complexity index is 2590.